The van der Waals surface area contributed by atoms with E-state index in [2.05, 4.69) is 0 Å². The predicted molar refractivity (Wildman–Crippen MR) is 70.6 cm³/mol. The van der Waals surface area contributed by atoms with Crippen molar-refractivity contribution in [3.8, 4) is 0 Å². The van der Waals surface area contributed by atoms with Gasteiger partial charge in [0, 0.05) is 0 Å². The third-order valence-corrected chi connectivity index (χ3v) is 5.63. The Bertz CT molecular complexity index is 622. The lowest BCUT2D eigenvalue weighted by atomic mass is 10.1. The van der Waals surface area contributed by atoms with Crippen molar-refractivity contribution in [2.45, 2.75) is 30.8 Å². The Morgan fingerprint density at radius 3 is 2.25 bits per heavy atom. The number of rotatable bonds is 4. The van der Waals surface area contributed by atoms with E-state index in [0.29, 0.717) is 12.8 Å². The third kappa shape index (κ3) is 2.33. The van der Waals surface area contributed by atoms with Crippen LogP contribution in [-0.4, -0.2) is 25.6 Å². The highest BCUT2D eigenvalue weighted by molar-refractivity contribution is 7.86. The van der Waals surface area contributed by atoms with Gasteiger partial charge in [-0.2, -0.15) is 8.42 Å². The summed E-state index contributed by atoms with van der Waals surface area (Å²) in [6.07, 6.45) is 0.659. The first-order valence-electron chi connectivity index (χ1n) is 6.61. The van der Waals surface area contributed by atoms with Gasteiger partial charge in [-0.3, -0.25) is 8.98 Å². The lowest BCUT2D eigenvalue weighted by Gasteiger charge is -2.14. The maximum atomic E-state index is 12.1. The van der Waals surface area contributed by atoms with Crippen LogP contribution in [0.1, 0.15) is 18.4 Å². The first-order valence-corrected chi connectivity index (χ1v) is 8.02. The van der Waals surface area contributed by atoms with E-state index in [4.69, 9.17) is 9.29 Å². The first-order chi connectivity index (χ1) is 9.38. The number of aliphatic carboxylic acids is 1. The summed E-state index contributed by atoms with van der Waals surface area (Å²) in [7, 11) is -3.75. The van der Waals surface area contributed by atoms with Gasteiger partial charge in [0.05, 0.1) is 16.9 Å². The Kier molecular flexibility index (Phi) is 3.10. The molecule has 20 heavy (non-hydrogen) atoms. The maximum absolute atomic E-state index is 12.1. The van der Waals surface area contributed by atoms with E-state index >= 15 is 0 Å². The van der Waals surface area contributed by atoms with Crippen LogP contribution in [0.5, 0.6) is 0 Å². The van der Waals surface area contributed by atoms with E-state index in [-0.39, 0.29) is 28.8 Å². The molecule has 0 amide bonds. The normalized spacial score (nSPS) is 31.9. The average molecular weight is 296 g/mol. The van der Waals surface area contributed by atoms with Crippen LogP contribution in [0.4, 0.5) is 0 Å². The summed E-state index contributed by atoms with van der Waals surface area (Å²) in [5.74, 6) is -0.895. The van der Waals surface area contributed by atoms with Crippen LogP contribution in [-0.2, 0) is 19.1 Å². The molecule has 0 spiro atoms. The lowest BCUT2D eigenvalue weighted by Crippen LogP contribution is -2.19. The molecule has 0 aliphatic heterocycles. The highest BCUT2D eigenvalue weighted by atomic mass is 32.2. The van der Waals surface area contributed by atoms with Gasteiger partial charge in [0.15, 0.2) is 0 Å². The minimum absolute atomic E-state index is 0.0886. The van der Waals surface area contributed by atoms with Gasteiger partial charge in [-0.1, -0.05) is 17.7 Å². The van der Waals surface area contributed by atoms with Gasteiger partial charge in [0.2, 0.25) is 0 Å². The van der Waals surface area contributed by atoms with Crippen LogP contribution < -0.4 is 0 Å². The minimum Gasteiger partial charge on any atom is -0.481 e. The Morgan fingerprint density at radius 2 is 1.75 bits per heavy atom. The van der Waals surface area contributed by atoms with Gasteiger partial charge in [0.25, 0.3) is 10.1 Å². The number of benzene rings is 1. The molecule has 1 aromatic rings. The fourth-order valence-corrected chi connectivity index (χ4v) is 4.27. The van der Waals surface area contributed by atoms with Crippen LogP contribution in [0.3, 0.4) is 0 Å². The standard InChI is InChI=1S/C14H16O5S/c1-8-2-4-10(5-3-8)20(17,18)19-9-6-11-12(7-9)13(11)14(15)16/h2-5,9,11-13H,6-7H2,1H3,(H,15,16)/t9-,11+,12-,13-. The van der Waals surface area contributed by atoms with Crippen molar-refractivity contribution in [2.75, 3.05) is 0 Å². The second kappa shape index (κ2) is 4.56. The smallest absolute Gasteiger partial charge is 0.307 e. The number of carboxylic acid groups (broad SMARTS) is 1. The molecule has 1 N–H and O–H groups in total. The van der Waals surface area contributed by atoms with Crippen LogP contribution in [0.25, 0.3) is 0 Å². The van der Waals surface area contributed by atoms with Crippen molar-refractivity contribution < 1.29 is 22.5 Å². The molecule has 108 valence electrons. The molecule has 5 nitrogen and oxygen atoms in total. The molecule has 1 aromatic carbocycles. The quantitative estimate of drug-likeness (QED) is 0.857. The van der Waals surface area contributed by atoms with Crippen molar-refractivity contribution in [2.24, 2.45) is 17.8 Å². The van der Waals surface area contributed by atoms with Gasteiger partial charge in [0.1, 0.15) is 0 Å². The zero-order chi connectivity index (χ0) is 14.5. The zero-order valence-electron chi connectivity index (χ0n) is 11.0. The van der Waals surface area contributed by atoms with Crippen LogP contribution in [0, 0.1) is 24.7 Å². The molecule has 0 radical (unpaired) electrons. The second-order valence-corrected chi connectivity index (χ2v) is 7.22. The highest BCUT2D eigenvalue weighted by Crippen LogP contribution is 2.58. The summed E-state index contributed by atoms with van der Waals surface area (Å²) < 4.78 is 29.4. The zero-order valence-corrected chi connectivity index (χ0v) is 11.8. The van der Waals surface area contributed by atoms with E-state index in [1.165, 1.54) is 12.1 Å². The molecule has 0 unspecified atom stereocenters. The van der Waals surface area contributed by atoms with Crippen LogP contribution >= 0.6 is 0 Å². The summed E-state index contributed by atoms with van der Waals surface area (Å²) in [4.78, 5) is 11.0. The molecule has 3 rings (SSSR count). The molecule has 6 heteroatoms. The van der Waals surface area contributed by atoms with Crippen molar-refractivity contribution in [3.05, 3.63) is 29.8 Å². The summed E-state index contributed by atoms with van der Waals surface area (Å²) in [5.41, 5.74) is 0.982. The summed E-state index contributed by atoms with van der Waals surface area (Å²) in [6.45, 7) is 1.88. The molecular weight excluding hydrogens is 280 g/mol. The minimum atomic E-state index is -3.75. The predicted octanol–water partition coefficient (Wildman–Crippen LogP) is 1.81. The molecule has 2 fully saturated rings. The van der Waals surface area contributed by atoms with Gasteiger partial charge in [-0.15, -0.1) is 0 Å². The molecule has 0 heterocycles. The topological polar surface area (TPSA) is 80.7 Å². The fourth-order valence-electron chi connectivity index (χ4n) is 3.18. The van der Waals surface area contributed by atoms with Crippen LogP contribution in [0.15, 0.2) is 29.2 Å². The summed E-state index contributed by atoms with van der Waals surface area (Å²) in [5, 5.41) is 8.92. The Balaban J connectivity index is 1.65. The number of fused-ring (bicyclic) bond motifs is 1. The monoisotopic (exact) mass is 296 g/mol. The number of aryl methyl sites for hydroxylation is 1. The molecule has 0 saturated heterocycles. The molecular formula is C14H16O5S. The third-order valence-electron chi connectivity index (χ3n) is 4.26. The molecule has 4 atom stereocenters. The van der Waals surface area contributed by atoms with Crippen LogP contribution in [0.2, 0.25) is 0 Å². The van der Waals surface area contributed by atoms with Crippen molar-refractivity contribution in [1.29, 1.82) is 0 Å². The average Bonchev–Trinajstić information content (AvgIpc) is 2.88. The molecule has 0 bridgehead atoms. The molecule has 0 aromatic heterocycles. The fraction of sp³-hybridized carbons (Fsp3) is 0.500. The molecule has 2 aliphatic carbocycles. The van der Waals surface area contributed by atoms with E-state index < -0.39 is 16.1 Å². The Labute approximate surface area is 117 Å². The highest BCUT2D eigenvalue weighted by Gasteiger charge is 2.60. The van der Waals surface area contributed by atoms with E-state index in [1.54, 1.807) is 12.1 Å². The van der Waals surface area contributed by atoms with Crippen molar-refractivity contribution in [3.63, 3.8) is 0 Å². The van der Waals surface area contributed by atoms with Crippen molar-refractivity contribution in [1.82, 2.24) is 0 Å². The summed E-state index contributed by atoms with van der Waals surface area (Å²) in [6, 6.07) is 6.51. The second-order valence-electron chi connectivity index (χ2n) is 5.65. The number of hydrogen-bond acceptors (Lipinski definition) is 4. The van der Waals surface area contributed by atoms with Gasteiger partial charge in [-0.25, -0.2) is 0 Å². The van der Waals surface area contributed by atoms with Crippen molar-refractivity contribution >= 4 is 16.1 Å². The van der Waals surface area contributed by atoms with Gasteiger partial charge in [-0.05, 0) is 43.7 Å². The Morgan fingerprint density at radius 1 is 1.20 bits per heavy atom. The molecule has 2 aliphatic rings. The van der Waals surface area contributed by atoms with Gasteiger partial charge < -0.3 is 5.11 Å². The number of carbonyl (C=O) groups is 1. The van der Waals surface area contributed by atoms with E-state index in [9.17, 15) is 13.2 Å². The number of hydrogen-bond donors (Lipinski definition) is 1. The van der Waals surface area contributed by atoms with E-state index in [1.807, 2.05) is 6.92 Å². The first kappa shape index (κ1) is 13.6. The summed E-state index contributed by atoms with van der Waals surface area (Å²) >= 11 is 0. The maximum Gasteiger partial charge on any atom is 0.307 e. The SMILES string of the molecule is Cc1ccc(S(=O)(=O)O[C@H]2C[C@@H]3[C@H](C2)[C@H]3C(=O)O)cc1. The largest absolute Gasteiger partial charge is 0.481 e. The molecule has 2 saturated carbocycles. The lowest BCUT2D eigenvalue weighted by molar-refractivity contribution is -0.139. The number of carboxylic acids is 1. The van der Waals surface area contributed by atoms with E-state index in [0.717, 1.165) is 5.56 Å². The Hall–Kier alpha value is -1.40. The van der Waals surface area contributed by atoms with Gasteiger partial charge >= 0.3 is 5.97 Å².